The first-order chi connectivity index (χ1) is 9.08. The first-order valence-electron chi connectivity index (χ1n) is 5.92. The lowest BCUT2D eigenvalue weighted by Crippen LogP contribution is -2.16. The molecule has 2 rings (SSSR count). The van der Waals surface area contributed by atoms with Crippen LogP contribution in [0.25, 0.3) is 11.1 Å². The van der Waals surface area contributed by atoms with Crippen LogP contribution >= 0.6 is 0 Å². The van der Waals surface area contributed by atoms with Crippen molar-refractivity contribution in [2.24, 2.45) is 5.73 Å². The molecule has 98 valence electrons. The minimum Gasteiger partial charge on any atom is -0.410 e. The van der Waals surface area contributed by atoms with Gasteiger partial charge in [-0.1, -0.05) is 30.3 Å². The zero-order valence-electron chi connectivity index (χ0n) is 11.0. The second-order valence-corrected chi connectivity index (χ2v) is 4.36. The number of amides is 1. The van der Waals surface area contributed by atoms with E-state index < -0.39 is 6.09 Å². The Morgan fingerprint density at radius 3 is 2.53 bits per heavy atom. The fourth-order valence-electron chi connectivity index (χ4n) is 1.85. The second-order valence-electron chi connectivity index (χ2n) is 4.36. The molecule has 2 aromatic rings. The summed E-state index contributed by atoms with van der Waals surface area (Å²) in [6.45, 7) is 0. The van der Waals surface area contributed by atoms with E-state index >= 15 is 0 Å². The molecule has 2 N–H and O–H groups in total. The van der Waals surface area contributed by atoms with Crippen molar-refractivity contribution < 1.29 is 9.53 Å². The van der Waals surface area contributed by atoms with Crippen molar-refractivity contribution in [3.05, 3.63) is 48.5 Å². The number of para-hydroxylation sites is 1. The number of carbonyl (C=O) groups is 1. The van der Waals surface area contributed by atoms with Gasteiger partial charge in [0.25, 0.3) is 0 Å². The smallest absolute Gasteiger partial charge is 0.409 e. The highest BCUT2D eigenvalue weighted by Gasteiger charge is 2.08. The van der Waals surface area contributed by atoms with E-state index in [-0.39, 0.29) is 0 Å². The second kappa shape index (κ2) is 5.44. The molecule has 0 saturated carbocycles. The van der Waals surface area contributed by atoms with Gasteiger partial charge < -0.3 is 15.4 Å². The lowest BCUT2D eigenvalue weighted by molar-refractivity contribution is 0.211. The molecule has 1 amide bonds. The van der Waals surface area contributed by atoms with Crippen molar-refractivity contribution in [2.45, 2.75) is 0 Å². The third kappa shape index (κ3) is 3.04. The number of anilines is 1. The average Bonchev–Trinajstić information content (AvgIpc) is 2.39. The summed E-state index contributed by atoms with van der Waals surface area (Å²) in [5.74, 6) is 0.464. The largest absolute Gasteiger partial charge is 0.410 e. The molecule has 4 heteroatoms. The number of nitrogens with zero attached hydrogens (tertiary/aromatic N) is 1. The van der Waals surface area contributed by atoms with Crippen LogP contribution in [0.2, 0.25) is 0 Å². The molecular weight excluding hydrogens is 240 g/mol. The summed E-state index contributed by atoms with van der Waals surface area (Å²) in [4.78, 5) is 12.9. The number of benzene rings is 2. The van der Waals surface area contributed by atoms with E-state index in [1.807, 2.05) is 55.4 Å². The van der Waals surface area contributed by atoms with E-state index in [4.69, 9.17) is 10.5 Å². The summed E-state index contributed by atoms with van der Waals surface area (Å²) in [6.07, 6.45) is -0.809. The van der Waals surface area contributed by atoms with E-state index in [1.165, 1.54) is 0 Å². The van der Waals surface area contributed by atoms with Gasteiger partial charge >= 0.3 is 6.09 Å². The highest BCUT2D eigenvalue weighted by molar-refractivity contribution is 5.77. The minimum absolute atomic E-state index is 0.464. The zero-order valence-corrected chi connectivity index (χ0v) is 11.0. The molecule has 0 fully saturated rings. The number of nitrogens with two attached hydrogens (primary N) is 1. The summed E-state index contributed by atoms with van der Waals surface area (Å²) in [5.41, 5.74) is 7.97. The summed E-state index contributed by atoms with van der Waals surface area (Å²) in [6, 6.07) is 15.3. The molecule has 4 nitrogen and oxygen atoms in total. The van der Waals surface area contributed by atoms with Crippen molar-refractivity contribution in [1.82, 2.24) is 0 Å². The standard InChI is InChI=1S/C15H16N2O2/c1-17(2)12-7-5-6-11(10-12)13-8-3-4-9-14(13)19-15(16)18/h3-10H,1-2H3,(H2,16,18). The van der Waals surface area contributed by atoms with Crippen molar-refractivity contribution in [2.75, 3.05) is 19.0 Å². The van der Waals surface area contributed by atoms with Crippen LogP contribution < -0.4 is 15.4 Å². The van der Waals surface area contributed by atoms with E-state index in [0.717, 1.165) is 16.8 Å². The number of primary amides is 1. The molecule has 0 aliphatic rings. The van der Waals surface area contributed by atoms with E-state index in [9.17, 15) is 4.79 Å². The predicted octanol–water partition coefficient (Wildman–Crippen LogP) is 2.88. The molecule has 0 atom stereocenters. The quantitative estimate of drug-likeness (QED) is 0.918. The molecule has 0 aliphatic carbocycles. The van der Waals surface area contributed by atoms with Crippen molar-refractivity contribution in [3.63, 3.8) is 0 Å². The van der Waals surface area contributed by atoms with E-state index in [1.54, 1.807) is 12.1 Å². The van der Waals surface area contributed by atoms with Gasteiger partial charge in [0.15, 0.2) is 0 Å². The number of hydrogen-bond donors (Lipinski definition) is 1. The van der Waals surface area contributed by atoms with Crippen LogP contribution in [0, 0.1) is 0 Å². The number of hydrogen-bond acceptors (Lipinski definition) is 3. The molecule has 19 heavy (non-hydrogen) atoms. The Hall–Kier alpha value is -2.49. The van der Waals surface area contributed by atoms with Crippen molar-refractivity contribution in [1.29, 1.82) is 0 Å². The average molecular weight is 256 g/mol. The van der Waals surface area contributed by atoms with Gasteiger partial charge in [0, 0.05) is 25.3 Å². The normalized spacial score (nSPS) is 10.0. The summed E-state index contributed by atoms with van der Waals surface area (Å²) in [5, 5.41) is 0. The predicted molar refractivity (Wildman–Crippen MR) is 76.4 cm³/mol. The molecule has 2 aromatic carbocycles. The van der Waals surface area contributed by atoms with Gasteiger partial charge in [-0.05, 0) is 23.8 Å². The van der Waals surface area contributed by atoms with Gasteiger partial charge in [0.2, 0.25) is 0 Å². The molecule has 0 aromatic heterocycles. The third-order valence-corrected chi connectivity index (χ3v) is 2.77. The first kappa shape index (κ1) is 13.0. The van der Waals surface area contributed by atoms with Crippen molar-refractivity contribution in [3.8, 4) is 16.9 Å². The highest BCUT2D eigenvalue weighted by Crippen LogP contribution is 2.31. The molecule has 0 bridgehead atoms. The molecule has 0 saturated heterocycles. The molecule has 0 aliphatic heterocycles. The Balaban J connectivity index is 2.46. The number of ether oxygens (including phenoxy) is 1. The van der Waals surface area contributed by atoms with Crippen LogP contribution in [0.5, 0.6) is 5.75 Å². The van der Waals surface area contributed by atoms with Gasteiger partial charge in [-0.2, -0.15) is 0 Å². The minimum atomic E-state index is -0.809. The lowest BCUT2D eigenvalue weighted by atomic mass is 10.0. The van der Waals surface area contributed by atoms with Crippen LogP contribution in [0.4, 0.5) is 10.5 Å². The van der Waals surface area contributed by atoms with Gasteiger partial charge in [-0.25, -0.2) is 4.79 Å². The number of carbonyl (C=O) groups excluding carboxylic acids is 1. The summed E-state index contributed by atoms with van der Waals surface area (Å²) in [7, 11) is 3.95. The maximum absolute atomic E-state index is 10.9. The van der Waals surface area contributed by atoms with E-state index in [0.29, 0.717) is 5.75 Å². The lowest BCUT2D eigenvalue weighted by Gasteiger charge is -2.14. The van der Waals surface area contributed by atoms with Crippen LogP contribution in [0.3, 0.4) is 0 Å². The van der Waals surface area contributed by atoms with Gasteiger partial charge in [0.05, 0.1) is 0 Å². The van der Waals surface area contributed by atoms with E-state index in [2.05, 4.69) is 0 Å². The third-order valence-electron chi connectivity index (χ3n) is 2.77. The topological polar surface area (TPSA) is 55.6 Å². The highest BCUT2D eigenvalue weighted by atomic mass is 16.5. The fourth-order valence-corrected chi connectivity index (χ4v) is 1.85. The first-order valence-corrected chi connectivity index (χ1v) is 5.92. The maximum Gasteiger partial charge on any atom is 0.409 e. The molecular formula is C15H16N2O2. The maximum atomic E-state index is 10.9. The monoisotopic (exact) mass is 256 g/mol. The van der Waals surface area contributed by atoms with Crippen molar-refractivity contribution >= 4 is 11.8 Å². The van der Waals surface area contributed by atoms with Gasteiger partial charge in [-0.3, -0.25) is 0 Å². The van der Waals surface area contributed by atoms with Crippen LogP contribution in [-0.4, -0.2) is 20.2 Å². The molecule has 0 radical (unpaired) electrons. The molecule has 0 heterocycles. The fraction of sp³-hybridized carbons (Fsp3) is 0.133. The SMILES string of the molecule is CN(C)c1cccc(-c2ccccc2OC(N)=O)c1. The Morgan fingerprint density at radius 2 is 1.84 bits per heavy atom. The zero-order chi connectivity index (χ0) is 13.8. The Labute approximate surface area is 112 Å². The van der Waals surface area contributed by atoms with Gasteiger partial charge in [-0.15, -0.1) is 0 Å². The Morgan fingerprint density at radius 1 is 1.11 bits per heavy atom. The summed E-state index contributed by atoms with van der Waals surface area (Å²) < 4.78 is 5.03. The van der Waals surface area contributed by atoms with Crippen LogP contribution in [-0.2, 0) is 0 Å². The molecule has 0 unspecified atom stereocenters. The summed E-state index contributed by atoms with van der Waals surface area (Å²) >= 11 is 0. The molecule has 0 spiro atoms. The Kier molecular flexibility index (Phi) is 3.71. The van der Waals surface area contributed by atoms with Crippen LogP contribution in [0.1, 0.15) is 0 Å². The van der Waals surface area contributed by atoms with Crippen LogP contribution in [0.15, 0.2) is 48.5 Å². The van der Waals surface area contributed by atoms with Gasteiger partial charge in [0.1, 0.15) is 5.75 Å². The Bertz CT molecular complexity index is 594. The number of rotatable bonds is 3.